The summed E-state index contributed by atoms with van der Waals surface area (Å²) in [6.45, 7) is 0. The highest BCUT2D eigenvalue weighted by molar-refractivity contribution is 7.91. The molecular formula is C8H14O3S. The molecule has 0 N–H and O–H groups in total. The zero-order chi connectivity index (χ0) is 8.82. The van der Waals surface area contributed by atoms with Gasteiger partial charge in [0.05, 0.1) is 0 Å². The van der Waals surface area contributed by atoms with Gasteiger partial charge < -0.3 is 4.74 Å². The molecule has 0 radical (unpaired) electrons. The van der Waals surface area contributed by atoms with Crippen LogP contribution in [0.5, 0.6) is 0 Å². The number of rotatable bonds is 1. The van der Waals surface area contributed by atoms with E-state index < -0.39 is 15.3 Å². The van der Waals surface area contributed by atoms with Crippen LogP contribution in [0.4, 0.5) is 0 Å². The second-order valence-corrected chi connectivity index (χ2v) is 5.99. The highest BCUT2D eigenvalue weighted by atomic mass is 32.2. The van der Waals surface area contributed by atoms with E-state index in [0.29, 0.717) is 0 Å². The van der Waals surface area contributed by atoms with E-state index in [9.17, 15) is 8.42 Å². The lowest BCUT2D eigenvalue weighted by atomic mass is 9.90. The van der Waals surface area contributed by atoms with Crippen molar-refractivity contribution in [2.45, 2.75) is 43.1 Å². The van der Waals surface area contributed by atoms with E-state index in [2.05, 4.69) is 0 Å². The highest BCUT2D eigenvalue weighted by Gasteiger charge is 2.61. The fourth-order valence-electron chi connectivity index (χ4n) is 2.16. The molecule has 0 amide bonds. The molecule has 0 bridgehead atoms. The first-order chi connectivity index (χ1) is 5.55. The van der Waals surface area contributed by atoms with E-state index in [-0.39, 0.29) is 5.60 Å². The van der Waals surface area contributed by atoms with Crippen LogP contribution in [0.15, 0.2) is 0 Å². The molecule has 2 fully saturated rings. The molecule has 2 rings (SSSR count). The minimum atomic E-state index is -2.96. The van der Waals surface area contributed by atoms with Gasteiger partial charge in [0.2, 0.25) is 0 Å². The SMILES string of the molecule is CS(=O)(=O)C1OC12CCCCC2. The molecule has 0 aromatic rings. The Morgan fingerprint density at radius 3 is 2.25 bits per heavy atom. The third-order valence-electron chi connectivity index (χ3n) is 2.80. The molecule has 1 unspecified atom stereocenters. The van der Waals surface area contributed by atoms with Gasteiger partial charge >= 0.3 is 0 Å². The minimum absolute atomic E-state index is 0.258. The van der Waals surface area contributed by atoms with Crippen LogP contribution in [0.3, 0.4) is 0 Å². The number of hydrogen-bond acceptors (Lipinski definition) is 3. The molecule has 1 spiro atoms. The Morgan fingerprint density at radius 1 is 1.25 bits per heavy atom. The zero-order valence-electron chi connectivity index (χ0n) is 7.25. The summed E-state index contributed by atoms with van der Waals surface area (Å²) >= 11 is 0. The standard InChI is InChI=1S/C8H14O3S/c1-12(9,10)7-8(11-7)5-3-2-4-6-8/h7H,2-6H2,1H3. The van der Waals surface area contributed by atoms with Crippen molar-refractivity contribution in [1.82, 2.24) is 0 Å². The Kier molecular flexibility index (Phi) is 1.74. The summed E-state index contributed by atoms with van der Waals surface area (Å²) in [5.74, 6) is 0. The number of hydrogen-bond donors (Lipinski definition) is 0. The van der Waals surface area contributed by atoms with Gasteiger partial charge in [-0.15, -0.1) is 0 Å². The molecule has 1 atom stereocenters. The van der Waals surface area contributed by atoms with Crippen LogP contribution in [0, 0.1) is 0 Å². The lowest BCUT2D eigenvalue weighted by Crippen LogP contribution is -2.23. The summed E-state index contributed by atoms with van der Waals surface area (Å²) in [5, 5.41) is 0. The van der Waals surface area contributed by atoms with Crippen LogP contribution < -0.4 is 0 Å². The molecule has 1 aliphatic heterocycles. The second kappa shape index (κ2) is 2.45. The molecule has 70 valence electrons. The van der Waals surface area contributed by atoms with E-state index in [1.807, 2.05) is 0 Å². The topological polar surface area (TPSA) is 46.7 Å². The lowest BCUT2D eigenvalue weighted by Gasteiger charge is -2.17. The first-order valence-electron chi connectivity index (χ1n) is 4.41. The molecule has 12 heavy (non-hydrogen) atoms. The molecule has 1 saturated heterocycles. The van der Waals surface area contributed by atoms with Crippen molar-refractivity contribution in [3.05, 3.63) is 0 Å². The van der Waals surface area contributed by atoms with Gasteiger partial charge in [-0.3, -0.25) is 0 Å². The van der Waals surface area contributed by atoms with Crippen molar-refractivity contribution >= 4 is 9.84 Å². The Bertz CT molecular complexity index is 275. The second-order valence-electron chi connectivity index (χ2n) is 3.90. The summed E-state index contributed by atoms with van der Waals surface area (Å²) in [7, 11) is -2.96. The number of epoxide rings is 1. The van der Waals surface area contributed by atoms with Crippen molar-refractivity contribution in [1.29, 1.82) is 0 Å². The van der Waals surface area contributed by atoms with Gasteiger partial charge in [-0.25, -0.2) is 8.42 Å². The van der Waals surface area contributed by atoms with Gasteiger partial charge in [-0.1, -0.05) is 19.3 Å². The number of ether oxygens (including phenoxy) is 1. The summed E-state index contributed by atoms with van der Waals surface area (Å²) < 4.78 is 27.6. The van der Waals surface area contributed by atoms with Gasteiger partial charge in [0.15, 0.2) is 15.3 Å². The van der Waals surface area contributed by atoms with Gasteiger partial charge in [0.1, 0.15) is 5.60 Å². The lowest BCUT2D eigenvalue weighted by molar-refractivity contribution is 0.236. The molecule has 0 aromatic heterocycles. The molecule has 1 heterocycles. The molecule has 4 heteroatoms. The molecule has 3 nitrogen and oxygen atoms in total. The predicted octanol–water partition coefficient (Wildman–Crippen LogP) is 1.09. The Morgan fingerprint density at radius 2 is 1.83 bits per heavy atom. The Labute approximate surface area is 73.0 Å². The van der Waals surface area contributed by atoms with Gasteiger partial charge in [0.25, 0.3) is 0 Å². The van der Waals surface area contributed by atoms with Crippen LogP contribution in [0.1, 0.15) is 32.1 Å². The third-order valence-corrected chi connectivity index (χ3v) is 4.11. The van der Waals surface area contributed by atoms with E-state index in [4.69, 9.17) is 4.74 Å². The maximum absolute atomic E-state index is 11.1. The van der Waals surface area contributed by atoms with Gasteiger partial charge in [-0.05, 0) is 12.8 Å². The van der Waals surface area contributed by atoms with E-state index in [1.54, 1.807) is 0 Å². The minimum Gasteiger partial charge on any atom is -0.349 e. The quantitative estimate of drug-likeness (QED) is 0.581. The molecule has 1 saturated carbocycles. The fourth-order valence-corrected chi connectivity index (χ4v) is 3.54. The average Bonchev–Trinajstić information content (AvgIpc) is 2.65. The van der Waals surface area contributed by atoms with Crippen LogP contribution in [0.2, 0.25) is 0 Å². The van der Waals surface area contributed by atoms with E-state index in [0.717, 1.165) is 25.7 Å². The molecule has 0 aromatic carbocycles. The monoisotopic (exact) mass is 190 g/mol. The number of sulfone groups is 1. The molecular weight excluding hydrogens is 176 g/mol. The van der Waals surface area contributed by atoms with Gasteiger partial charge in [-0.2, -0.15) is 0 Å². The maximum atomic E-state index is 11.1. The summed E-state index contributed by atoms with van der Waals surface area (Å²) in [4.78, 5) is 0. The maximum Gasteiger partial charge on any atom is 0.188 e. The summed E-state index contributed by atoms with van der Waals surface area (Å²) in [6, 6.07) is 0. The van der Waals surface area contributed by atoms with Crippen molar-refractivity contribution in [2.75, 3.05) is 6.26 Å². The van der Waals surface area contributed by atoms with Gasteiger partial charge in [0, 0.05) is 6.26 Å². The molecule has 1 aliphatic carbocycles. The summed E-state index contributed by atoms with van der Waals surface area (Å²) in [5.41, 5.74) is -0.739. The first kappa shape index (κ1) is 8.51. The largest absolute Gasteiger partial charge is 0.349 e. The van der Waals surface area contributed by atoms with Crippen molar-refractivity contribution in [3.63, 3.8) is 0 Å². The fraction of sp³-hybridized carbons (Fsp3) is 1.00. The zero-order valence-corrected chi connectivity index (χ0v) is 8.06. The Balaban J connectivity index is 2.09. The van der Waals surface area contributed by atoms with E-state index >= 15 is 0 Å². The van der Waals surface area contributed by atoms with Crippen LogP contribution in [0.25, 0.3) is 0 Å². The smallest absolute Gasteiger partial charge is 0.188 e. The highest BCUT2D eigenvalue weighted by Crippen LogP contribution is 2.50. The summed E-state index contributed by atoms with van der Waals surface area (Å²) in [6.07, 6.45) is 6.59. The van der Waals surface area contributed by atoms with Crippen LogP contribution >= 0.6 is 0 Å². The first-order valence-corrected chi connectivity index (χ1v) is 6.37. The average molecular weight is 190 g/mol. The van der Waals surface area contributed by atoms with Crippen molar-refractivity contribution in [3.8, 4) is 0 Å². The van der Waals surface area contributed by atoms with E-state index in [1.165, 1.54) is 12.7 Å². The van der Waals surface area contributed by atoms with Crippen LogP contribution in [-0.4, -0.2) is 25.7 Å². The van der Waals surface area contributed by atoms with Crippen molar-refractivity contribution in [2.24, 2.45) is 0 Å². The molecule has 2 aliphatic rings. The Hall–Kier alpha value is -0.0900. The predicted molar refractivity (Wildman–Crippen MR) is 45.5 cm³/mol. The normalized spacial score (nSPS) is 33.6. The third kappa shape index (κ3) is 1.27. The van der Waals surface area contributed by atoms with Crippen molar-refractivity contribution < 1.29 is 13.2 Å². The van der Waals surface area contributed by atoms with Crippen LogP contribution in [-0.2, 0) is 14.6 Å².